The van der Waals surface area contributed by atoms with E-state index >= 15 is 0 Å². The monoisotopic (exact) mass is 179 g/mol. The van der Waals surface area contributed by atoms with Crippen LogP contribution < -0.4 is 0 Å². The maximum atomic E-state index is 11.0. The Morgan fingerprint density at radius 2 is 1.91 bits per heavy atom. The molecule has 0 saturated carbocycles. The van der Waals surface area contributed by atoms with E-state index in [9.17, 15) is 13.5 Å². The highest BCUT2D eigenvalue weighted by Gasteiger charge is 2.37. The maximum absolute atomic E-state index is 11.0. The van der Waals surface area contributed by atoms with Gasteiger partial charge in [0, 0.05) is 6.04 Å². The summed E-state index contributed by atoms with van der Waals surface area (Å²) >= 11 is 0. The van der Waals surface area contributed by atoms with Gasteiger partial charge in [0.05, 0.1) is 17.6 Å². The summed E-state index contributed by atoms with van der Waals surface area (Å²) in [5.41, 5.74) is 0. The molecule has 0 aromatic rings. The third-order valence-corrected chi connectivity index (χ3v) is 3.66. The Labute approximate surface area is 66.7 Å². The van der Waals surface area contributed by atoms with Crippen molar-refractivity contribution in [2.45, 2.75) is 12.1 Å². The average molecular weight is 179 g/mol. The van der Waals surface area contributed by atoms with Gasteiger partial charge < -0.3 is 10.0 Å². The van der Waals surface area contributed by atoms with Crippen LogP contribution in [0.3, 0.4) is 0 Å². The summed E-state index contributed by atoms with van der Waals surface area (Å²) in [5, 5.41) is 9.27. The molecule has 0 aromatic carbocycles. The van der Waals surface area contributed by atoms with E-state index in [-0.39, 0.29) is 17.5 Å². The maximum Gasteiger partial charge on any atom is 0.154 e. The van der Waals surface area contributed by atoms with Crippen LogP contribution in [-0.4, -0.2) is 56.2 Å². The van der Waals surface area contributed by atoms with Crippen LogP contribution in [0.4, 0.5) is 0 Å². The lowest BCUT2D eigenvalue weighted by Gasteiger charge is -2.20. The zero-order valence-electron chi connectivity index (χ0n) is 6.69. The second-order valence-electron chi connectivity index (χ2n) is 3.18. The van der Waals surface area contributed by atoms with Crippen LogP contribution in [0.1, 0.15) is 0 Å². The normalized spacial score (nSPS) is 36.4. The third kappa shape index (κ3) is 1.91. The molecule has 0 amide bonds. The topological polar surface area (TPSA) is 57.6 Å². The molecular formula is C6H13NO3S. The zero-order valence-corrected chi connectivity index (χ0v) is 7.50. The minimum Gasteiger partial charge on any atom is -0.390 e. The Hall–Kier alpha value is -0.130. The van der Waals surface area contributed by atoms with Gasteiger partial charge in [-0.2, -0.15) is 0 Å². The summed E-state index contributed by atoms with van der Waals surface area (Å²) in [6.45, 7) is 0. The van der Waals surface area contributed by atoms with Crippen LogP contribution in [0.5, 0.6) is 0 Å². The van der Waals surface area contributed by atoms with Gasteiger partial charge in [-0.05, 0) is 14.1 Å². The lowest BCUT2D eigenvalue weighted by atomic mass is 10.2. The van der Waals surface area contributed by atoms with Gasteiger partial charge in [-0.3, -0.25) is 0 Å². The van der Waals surface area contributed by atoms with Crippen LogP contribution in [0, 0.1) is 0 Å². The lowest BCUT2D eigenvalue weighted by molar-refractivity contribution is 0.115. The van der Waals surface area contributed by atoms with Crippen molar-refractivity contribution in [1.82, 2.24) is 4.90 Å². The molecule has 1 rings (SSSR count). The minimum absolute atomic E-state index is 0.0845. The molecule has 11 heavy (non-hydrogen) atoms. The summed E-state index contributed by atoms with van der Waals surface area (Å²) in [6, 6.07) is -0.222. The Kier molecular flexibility index (Phi) is 2.22. The highest BCUT2D eigenvalue weighted by atomic mass is 32.2. The first-order valence-electron chi connectivity index (χ1n) is 3.47. The molecule has 1 aliphatic heterocycles. The predicted molar refractivity (Wildman–Crippen MR) is 42.1 cm³/mol. The Bertz CT molecular complexity index is 234. The largest absolute Gasteiger partial charge is 0.390 e. The quantitative estimate of drug-likeness (QED) is 0.544. The highest BCUT2D eigenvalue weighted by molar-refractivity contribution is 7.91. The molecule has 5 heteroatoms. The predicted octanol–water partition coefficient (Wildman–Crippen LogP) is -1.29. The van der Waals surface area contributed by atoms with Crippen molar-refractivity contribution in [1.29, 1.82) is 0 Å². The van der Waals surface area contributed by atoms with Gasteiger partial charge in [0.25, 0.3) is 0 Å². The number of hydrogen-bond acceptors (Lipinski definition) is 4. The van der Waals surface area contributed by atoms with Crippen molar-refractivity contribution in [3.8, 4) is 0 Å². The Morgan fingerprint density at radius 1 is 1.36 bits per heavy atom. The number of rotatable bonds is 1. The van der Waals surface area contributed by atoms with Gasteiger partial charge in [0.15, 0.2) is 9.84 Å². The van der Waals surface area contributed by atoms with Crippen LogP contribution in [0.25, 0.3) is 0 Å². The van der Waals surface area contributed by atoms with E-state index in [0.29, 0.717) is 0 Å². The number of likely N-dealkylation sites (N-methyl/N-ethyl adjacent to an activating group) is 1. The number of nitrogens with zero attached hydrogens (tertiary/aromatic N) is 1. The summed E-state index contributed by atoms with van der Waals surface area (Å²) in [5.74, 6) is -0.00296. The lowest BCUT2D eigenvalue weighted by Crippen LogP contribution is -2.37. The minimum atomic E-state index is -2.98. The van der Waals surface area contributed by atoms with Gasteiger partial charge >= 0.3 is 0 Å². The van der Waals surface area contributed by atoms with Crippen LogP contribution in [-0.2, 0) is 9.84 Å². The molecular weight excluding hydrogens is 166 g/mol. The Morgan fingerprint density at radius 3 is 2.09 bits per heavy atom. The van der Waals surface area contributed by atoms with Crippen LogP contribution in [0.2, 0.25) is 0 Å². The van der Waals surface area contributed by atoms with Crippen LogP contribution in [0.15, 0.2) is 0 Å². The van der Waals surface area contributed by atoms with E-state index in [4.69, 9.17) is 0 Å². The first-order valence-corrected chi connectivity index (χ1v) is 5.29. The second kappa shape index (κ2) is 2.73. The third-order valence-electron chi connectivity index (χ3n) is 1.96. The summed E-state index contributed by atoms with van der Waals surface area (Å²) in [4.78, 5) is 1.75. The first kappa shape index (κ1) is 8.96. The van der Waals surface area contributed by atoms with E-state index in [1.54, 1.807) is 19.0 Å². The molecule has 1 heterocycles. The van der Waals surface area contributed by atoms with E-state index in [0.717, 1.165) is 0 Å². The van der Waals surface area contributed by atoms with Gasteiger partial charge in [-0.25, -0.2) is 8.42 Å². The summed E-state index contributed by atoms with van der Waals surface area (Å²) < 4.78 is 21.9. The van der Waals surface area contributed by atoms with E-state index in [1.165, 1.54) is 0 Å². The standard InChI is InChI=1S/C6H13NO3S/c1-7(2)5-3-11(9,10)4-6(5)8/h5-6,8H,3-4H2,1-2H3/t5-,6-/m0/s1. The number of sulfone groups is 1. The molecule has 0 unspecified atom stereocenters. The highest BCUT2D eigenvalue weighted by Crippen LogP contribution is 2.15. The van der Waals surface area contributed by atoms with E-state index in [2.05, 4.69) is 0 Å². The molecule has 0 radical (unpaired) electrons. The number of aliphatic hydroxyl groups is 1. The van der Waals surface area contributed by atoms with Crippen molar-refractivity contribution >= 4 is 9.84 Å². The smallest absolute Gasteiger partial charge is 0.154 e. The van der Waals surface area contributed by atoms with Gasteiger partial charge in [-0.1, -0.05) is 0 Å². The van der Waals surface area contributed by atoms with Crippen molar-refractivity contribution in [2.24, 2.45) is 0 Å². The fourth-order valence-corrected chi connectivity index (χ4v) is 3.22. The van der Waals surface area contributed by atoms with Gasteiger partial charge in [0.2, 0.25) is 0 Å². The average Bonchev–Trinajstić information content (AvgIpc) is 2.05. The number of hydrogen-bond donors (Lipinski definition) is 1. The second-order valence-corrected chi connectivity index (χ2v) is 5.33. The molecule has 0 aromatic heterocycles. The molecule has 2 atom stereocenters. The SMILES string of the molecule is CN(C)[C@H]1CS(=O)(=O)C[C@@H]1O. The molecule has 0 spiro atoms. The van der Waals surface area contributed by atoms with Crippen molar-refractivity contribution in [3.63, 3.8) is 0 Å². The molecule has 4 nitrogen and oxygen atoms in total. The fourth-order valence-electron chi connectivity index (χ4n) is 1.30. The molecule has 1 aliphatic rings. The molecule has 1 fully saturated rings. The van der Waals surface area contributed by atoms with E-state index in [1.807, 2.05) is 0 Å². The van der Waals surface area contributed by atoms with Gasteiger partial charge in [-0.15, -0.1) is 0 Å². The van der Waals surface area contributed by atoms with Crippen molar-refractivity contribution < 1.29 is 13.5 Å². The summed E-state index contributed by atoms with van der Waals surface area (Å²) in [7, 11) is 0.564. The van der Waals surface area contributed by atoms with Crippen molar-refractivity contribution in [3.05, 3.63) is 0 Å². The molecule has 1 N–H and O–H groups in total. The Balaban J connectivity index is 2.75. The first-order chi connectivity index (χ1) is 4.92. The van der Waals surface area contributed by atoms with Crippen LogP contribution >= 0.6 is 0 Å². The molecule has 1 saturated heterocycles. The number of aliphatic hydroxyl groups excluding tert-OH is 1. The molecule has 0 bridgehead atoms. The fraction of sp³-hybridized carbons (Fsp3) is 1.00. The molecule has 66 valence electrons. The van der Waals surface area contributed by atoms with Gasteiger partial charge in [0.1, 0.15) is 0 Å². The van der Waals surface area contributed by atoms with Crippen molar-refractivity contribution in [2.75, 3.05) is 25.6 Å². The summed E-state index contributed by atoms with van der Waals surface area (Å²) in [6.07, 6.45) is -0.713. The zero-order chi connectivity index (χ0) is 8.65. The molecule has 0 aliphatic carbocycles. The van der Waals surface area contributed by atoms with E-state index < -0.39 is 15.9 Å².